The molecule has 9 heteroatoms. The molecule has 1 aromatic heterocycles. The van der Waals surface area contributed by atoms with Crippen molar-refractivity contribution in [3.63, 3.8) is 0 Å². The topological polar surface area (TPSA) is 55.2 Å². The third-order valence-corrected chi connectivity index (χ3v) is 6.88. The third-order valence-electron chi connectivity index (χ3n) is 5.11. The number of amides is 1. The normalized spacial score (nSPS) is 15.0. The van der Waals surface area contributed by atoms with E-state index in [1.165, 1.54) is 16.3 Å². The second kappa shape index (κ2) is 9.40. The zero-order chi connectivity index (χ0) is 22.0. The molecule has 1 aliphatic heterocycles. The number of halogens is 2. The molecule has 162 valence electrons. The monoisotopic (exact) mass is 461 g/mol. The number of carbonyl (C=O) groups is 1. The number of fused-ring (bicyclic) bond motifs is 1. The molecule has 1 fully saturated rings. The van der Waals surface area contributed by atoms with Gasteiger partial charge in [-0.05, 0) is 56.2 Å². The molecule has 31 heavy (non-hydrogen) atoms. The lowest BCUT2D eigenvalue weighted by Crippen LogP contribution is -2.34. The Morgan fingerprint density at radius 2 is 1.71 bits per heavy atom. The average molecular weight is 462 g/mol. The van der Waals surface area contributed by atoms with E-state index >= 15 is 0 Å². The second-order valence-corrected chi connectivity index (χ2v) is 9.59. The Morgan fingerprint density at radius 1 is 1.03 bits per heavy atom. The Balaban J connectivity index is 1.74. The van der Waals surface area contributed by atoms with Crippen LogP contribution in [0.3, 0.4) is 0 Å². The summed E-state index contributed by atoms with van der Waals surface area (Å²) in [6.45, 7) is 3.33. The van der Waals surface area contributed by atoms with Crippen molar-refractivity contribution in [2.45, 2.75) is 40.8 Å². The van der Waals surface area contributed by atoms with E-state index in [4.69, 9.17) is 0 Å². The summed E-state index contributed by atoms with van der Waals surface area (Å²) in [5.74, 6) is -2.49. The first-order chi connectivity index (χ1) is 14.9. The summed E-state index contributed by atoms with van der Waals surface area (Å²) in [5.41, 5.74) is 0.810. The summed E-state index contributed by atoms with van der Waals surface area (Å²) in [6, 6.07) is 13.4. The van der Waals surface area contributed by atoms with Crippen LogP contribution in [0.4, 0.5) is 8.78 Å². The average Bonchev–Trinajstić information content (AvgIpc) is 3.29. The van der Waals surface area contributed by atoms with Crippen molar-refractivity contribution < 1.29 is 13.6 Å². The fraction of sp³-hybridized carbons (Fsp3) is 0.318. The van der Waals surface area contributed by atoms with Crippen molar-refractivity contribution in [2.75, 3.05) is 13.1 Å². The molecule has 0 bridgehead atoms. The highest BCUT2D eigenvalue weighted by Crippen LogP contribution is 2.29. The number of aromatic nitrogens is 2. The van der Waals surface area contributed by atoms with E-state index in [9.17, 15) is 18.4 Å². The number of alkyl halides is 2. The summed E-state index contributed by atoms with van der Waals surface area (Å²) in [7, 11) is 0. The first-order valence-electron chi connectivity index (χ1n) is 9.96. The first kappa shape index (κ1) is 21.8. The van der Waals surface area contributed by atoms with Gasteiger partial charge in [-0.15, -0.1) is 0 Å². The van der Waals surface area contributed by atoms with Gasteiger partial charge in [0.05, 0.1) is 21.8 Å². The number of carbonyl (C=O) groups excluding carboxylic acids is 1. The molecule has 1 unspecified atom stereocenters. The number of para-hydroxylation sites is 1. The van der Waals surface area contributed by atoms with Crippen LogP contribution in [0.5, 0.6) is 0 Å². The van der Waals surface area contributed by atoms with Crippen LogP contribution in [0.25, 0.3) is 16.6 Å². The third kappa shape index (κ3) is 4.77. The number of hydrogen-bond acceptors (Lipinski definition) is 5. The first-order valence-corrected chi connectivity index (χ1v) is 11.7. The highest BCUT2D eigenvalue weighted by molar-refractivity contribution is 8.00. The minimum Gasteiger partial charge on any atom is -0.342 e. The van der Waals surface area contributed by atoms with Gasteiger partial charge in [-0.2, -0.15) is 8.78 Å². The van der Waals surface area contributed by atoms with Gasteiger partial charge in [-0.3, -0.25) is 14.2 Å². The van der Waals surface area contributed by atoms with Crippen molar-refractivity contribution >= 4 is 40.3 Å². The molecule has 2 aromatic carbocycles. The van der Waals surface area contributed by atoms with Crippen molar-refractivity contribution in [1.29, 1.82) is 0 Å². The molecule has 1 amide bonds. The molecule has 0 radical (unpaired) electrons. The highest BCUT2D eigenvalue weighted by atomic mass is 32.2. The molecule has 1 atom stereocenters. The minimum atomic E-state index is -2.51. The Hall–Kier alpha value is -2.39. The van der Waals surface area contributed by atoms with Gasteiger partial charge in [0.15, 0.2) is 5.16 Å². The van der Waals surface area contributed by atoms with Crippen LogP contribution in [0.2, 0.25) is 0 Å². The molecular formula is C22H21F2N3O2S2. The molecule has 2 heterocycles. The maximum atomic E-state index is 13.3. The predicted octanol–water partition coefficient (Wildman–Crippen LogP) is 4.80. The van der Waals surface area contributed by atoms with Crippen LogP contribution in [0.1, 0.15) is 19.8 Å². The number of hydrogen-bond donors (Lipinski definition) is 0. The summed E-state index contributed by atoms with van der Waals surface area (Å²) in [5, 5.41) is 0.445. The zero-order valence-corrected chi connectivity index (χ0v) is 18.5. The number of nitrogens with zero attached hydrogens (tertiary/aromatic N) is 3. The van der Waals surface area contributed by atoms with Gasteiger partial charge in [0, 0.05) is 18.0 Å². The van der Waals surface area contributed by atoms with Crippen molar-refractivity contribution in [2.24, 2.45) is 0 Å². The smallest absolute Gasteiger partial charge is 0.288 e. The molecule has 1 saturated heterocycles. The minimum absolute atomic E-state index is 0.0279. The van der Waals surface area contributed by atoms with Crippen LogP contribution in [-0.2, 0) is 4.79 Å². The van der Waals surface area contributed by atoms with E-state index in [0.29, 0.717) is 38.4 Å². The van der Waals surface area contributed by atoms with Crippen LogP contribution < -0.4 is 5.56 Å². The molecule has 0 spiro atoms. The van der Waals surface area contributed by atoms with E-state index in [2.05, 4.69) is 4.98 Å². The van der Waals surface area contributed by atoms with Crippen molar-refractivity contribution in [3.8, 4) is 5.69 Å². The van der Waals surface area contributed by atoms with Crippen LogP contribution in [-0.4, -0.2) is 44.5 Å². The summed E-state index contributed by atoms with van der Waals surface area (Å²) in [6.07, 6.45) is 2.01. The standard InChI is InChI=1S/C22H21F2N3O2S2/c1-14(19(28)26-12-4-5-13-26)30-22-25-18-7-3-2-6-17(18)20(29)27(22)15-8-10-16(11-9-15)31-21(23)24/h2-3,6-11,14,21H,4-5,12-13H2,1H3. The van der Waals surface area contributed by atoms with E-state index in [1.54, 1.807) is 42.5 Å². The molecule has 0 N–H and O–H groups in total. The lowest BCUT2D eigenvalue weighted by Gasteiger charge is -2.21. The van der Waals surface area contributed by atoms with Gasteiger partial charge in [0.25, 0.3) is 11.3 Å². The van der Waals surface area contributed by atoms with Gasteiger partial charge in [-0.1, -0.05) is 35.7 Å². The van der Waals surface area contributed by atoms with Gasteiger partial charge in [0.1, 0.15) is 0 Å². The van der Waals surface area contributed by atoms with E-state index in [-0.39, 0.29) is 11.5 Å². The quantitative estimate of drug-likeness (QED) is 0.390. The Bertz CT molecular complexity index is 1150. The molecule has 3 aromatic rings. The lowest BCUT2D eigenvalue weighted by molar-refractivity contribution is -0.129. The summed E-state index contributed by atoms with van der Waals surface area (Å²) < 4.78 is 26.8. The summed E-state index contributed by atoms with van der Waals surface area (Å²) in [4.78, 5) is 33.0. The van der Waals surface area contributed by atoms with Gasteiger partial charge >= 0.3 is 0 Å². The van der Waals surface area contributed by atoms with Crippen LogP contribution in [0, 0.1) is 0 Å². The molecule has 0 aliphatic carbocycles. The predicted molar refractivity (Wildman–Crippen MR) is 120 cm³/mol. The van der Waals surface area contributed by atoms with Crippen LogP contribution >= 0.6 is 23.5 Å². The van der Waals surface area contributed by atoms with E-state index in [0.717, 1.165) is 25.9 Å². The fourth-order valence-electron chi connectivity index (χ4n) is 3.60. The maximum Gasteiger partial charge on any atom is 0.288 e. The highest BCUT2D eigenvalue weighted by Gasteiger charge is 2.26. The number of likely N-dealkylation sites (tertiary alicyclic amines) is 1. The molecular weight excluding hydrogens is 440 g/mol. The Labute approximate surface area is 186 Å². The SMILES string of the molecule is CC(Sc1nc2ccccc2c(=O)n1-c1ccc(SC(F)F)cc1)C(=O)N1CCCC1. The molecule has 4 rings (SSSR count). The molecule has 5 nitrogen and oxygen atoms in total. The summed E-state index contributed by atoms with van der Waals surface area (Å²) >= 11 is 1.69. The van der Waals surface area contributed by atoms with E-state index in [1.807, 2.05) is 17.9 Å². The zero-order valence-electron chi connectivity index (χ0n) is 16.8. The largest absolute Gasteiger partial charge is 0.342 e. The Kier molecular flexibility index (Phi) is 6.62. The maximum absolute atomic E-state index is 13.3. The van der Waals surface area contributed by atoms with Gasteiger partial charge in [0.2, 0.25) is 5.91 Å². The lowest BCUT2D eigenvalue weighted by atomic mass is 10.2. The van der Waals surface area contributed by atoms with Gasteiger partial charge < -0.3 is 4.90 Å². The van der Waals surface area contributed by atoms with Crippen LogP contribution in [0.15, 0.2) is 63.4 Å². The number of benzene rings is 2. The number of thioether (sulfide) groups is 2. The number of rotatable bonds is 6. The second-order valence-electron chi connectivity index (χ2n) is 7.22. The van der Waals surface area contributed by atoms with Gasteiger partial charge in [-0.25, -0.2) is 4.98 Å². The van der Waals surface area contributed by atoms with Crippen molar-refractivity contribution in [1.82, 2.24) is 14.5 Å². The Morgan fingerprint density at radius 3 is 2.39 bits per heavy atom. The van der Waals surface area contributed by atoms with Crippen molar-refractivity contribution in [3.05, 3.63) is 58.9 Å². The fourth-order valence-corrected chi connectivity index (χ4v) is 5.11. The molecule has 0 saturated carbocycles. The van der Waals surface area contributed by atoms with E-state index < -0.39 is 11.0 Å². The molecule has 1 aliphatic rings.